The van der Waals surface area contributed by atoms with Crippen molar-refractivity contribution in [1.82, 2.24) is 0 Å². The maximum absolute atomic E-state index is 3.88. The van der Waals surface area contributed by atoms with Crippen LogP contribution < -0.4 is 0 Å². The van der Waals surface area contributed by atoms with Crippen LogP contribution in [0.5, 0.6) is 0 Å². The number of allylic oxidation sites excluding steroid dienone is 4. The van der Waals surface area contributed by atoms with Gasteiger partial charge in [-0.2, -0.15) is 54.6 Å². The fourth-order valence-electron chi connectivity index (χ4n) is 7.58. The molecule has 60 heavy (non-hydrogen) atoms. The number of hydrogen-bond donors (Lipinski definition) is 0. The van der Waals surface area contributed by atoms with Gasteiger partial charge in [-0.25, -0.2) is 12.2 Å². The van der Waals surface area contributed by atoms with Gasteiger partial charge in [0, 0.05) is 0 Å². The van der Waals surface area contributed by atoms with Crippen molar-refractivity contribution in [2.24, 2.45) is 0 Å². The Morgan fingerprint density at radius 3 is 1.48 bits per heavy atom. The average molecular weight is 854 g/mol. The molecule has 0 atom stereocenters. The molecule has 1 heteroatoms. The quantitative estimate of drug-likeness (QED) is 0.152. The molecule has 2 aliphatic carbocycles. The Labute approximate surface area is 374 Å². The van der Waals surface area contributed by atoms with E-state index in [0.29, 0.717) is 0 Å². The van der Waals surface area contributed by atoms with E-state index in [1.54, 1.807) is 0 Å². The molecular formula is C59H54Zr-4. The first-order valence-electron chi connectivity index (χ1n) is 20.7. The molecule has 0 N–H and O–H groups in total. The third-order valence-electron chi connectivity index (χ3n) is 10.6. The minimum Gasteiger partial charge on any atom is -0.183 e. The first-order chi connectivity index (χ1) is 29.1. The molecule has 0 fully saturated rings. The molecule has 0 spiro atoms. The van der Waals surface area contributed by atoms with Crippen molar-refractivity contribution in [1.29, 1.82) is 0 Å². The molecule has 0 aliphatic heterocycles. The summed E-state index contributed by atoms with van der Waals surface area (Å²) in [5.74, 6) is 0. The second-order valence-electron chi connectivity index (χ2n) is 17.0. The van der Waals surface area contributed by atoms with Crippen LogP contribution in [-0.4, -0.2) is 4.21 Å². The van der Waals surface area contributed by atoms with Crippen LogP contribution in [0.1, 0.15) is 70.2 Å². The van der Waals surface area contributed by atoms with Crippen molar-refractivity contribution in [2.45, 2.75) is 65.2 Å². The molecule has 2 aliphatic rings. The molecule has 8 aromatic rings. The minimum absolute atomic E-state index is 0.0380. The third-order valence-corrected chi connectivity index (χ3v) is 10.6. The molecule has 0 bridgehead atoms. The summed E-state index contributed by atoms with van der Waals surface area (Å²) in [6, 6.07) is 67.4. The summed E-state index contributed by atoms with van der Waals surface area (Å²) >= 11 is 1.30. The van der Waals surface area contributed by atoms with Crippen LogP contribution in [0.3, 0.4) is 0 Å². The number of fused-ring (bicyclic) bond motifs is 5. The fraction of sp³-hybridized carbons (Fsp3) is 0.169. The summed E-state index contributed by atoms with van der Waals surface area (Å²) in [6.45, 7) is 13.9. The van der Waals surface area contributed by atoms with Gasteiger partial charge in [0.1, 0.15) is 0 Å². The normalized spacial score (nSPS) is 12.0. The van der Waals surface area contributed by atoms with Crippen molar-refractivity contribution in [3.8, 4) is 33.4 Å². The third kappa shape index (κ3) is 11.2. The summed E-state index contributed by atoms with van der Waals surface area (Å²) in [5, 5.41) is 5.07. The van der Waals surface area contributed by atoms with Gasteiger partial charge in [-0.1, -0.05) is 167 Å². The SMILES string of the molecule is CC(C)(C)c1cc2c([c-]c1-c1ccccc1)Cc1cc(-c3ccccc3)c(C(C)(C)C)cc1-2.[C-]1=CC=CC1.[CH2]=[Zr].[c-]1ccc2ccccc2c1.[c-]1ccc2ccccc2c1. The zero-order chi connectivity index (χ0) is 42.5. The van der Waals surface area contributed by atoms with Gasteiger partial charge in [-0.3, -0.25) is 6.08 Å². The summed E-state index contributed by atoms with van der Waals surface area (Å²) in [5.41, 5.74) is 13.5. The van der Waals surface area contributed by atoms with E-state index in [2.05, 4.69) is 191 Å². The number of benzene rings is 8. The van der Waals surface area contributed by atoms with Gasteiger partial charge in [-0.15, -0.1) is 68.9 Å². The van der Waals surface area contributed by atoms with Crippen LogP contribution >= 0.6 is 0 Å². The molecule has 0 saturated heterocycles. The van der Waals surface area contributed by atoms with E-state index in [9.17, 15) is 0 Å². The molecular weight excluding hydrogens is 800 g/mol. The van der Waals surface area contributed by atoms with E-state index in [-0.39, 0.29) is 10.8 Å². The maximum atomic E-state index is 3.88. The summed E-state index contributed by atoms with van der Waals surface area (Å²) in [6.07, 6.45) is 10.9. The monoisotopic (exact) mass is 852 g/mol. The van der Waals surface area contributed by atoms with Gasteiger partial charge in [0.15, 0.2) is 0 Å². The first-order valence-corrected chi connectivity index (χ1v) is 22.5. The Morgan fingerprint density at radius 2 is 1.02 bits per heavy atom. The van der Waals surface area contributed by atoms with Crippen molar-refractivity contribution in [2.75, 3.05) is 0 Å². The Balaban J connectivity index is 0.000000178. The van der Waals surface area contributed by atoms with E-state index in [0.717, 1.165) is 12.8 Å². The predicted octanol–water partition coefficient (Wildman–Crippen LogP) is 15.5. The summed E-state index contributed by atoms with van der Waals surface area (Å²) in [4.78, 5) is 0. The van der Waals surface area contributed by atoms with Gasteiger partial charge >= 0.3 is 28.4 Å². The Bertz CT molecular complexity index is 2370. The van der Waals surface area contributed by atoms with Crippen molar-refractivity contribution in [3.63, 3.8) is 0 Å². The average Bonchev–Trinajstić information content (AvgIpc) is 3.99. The molecule has 0 heterocycles. The standard InChI is InChI=1S/C33H33.2C10H7.C5H5.CH2.Zr/c1-32(2,3)30-20-26-24(18-28(30)22-13-9-7-10-14-22)17-25-19-29(23-15-11-8-12-16-23)31(21-27(25)26)33(4,5)6;2*1-2-6-10-8-4-3-7-9(10)5-1;1-2-4-5-3-1;;/h7-16,18,20-21H,17H2,1-6H3;2*1-3,5-8H;1-3H,4H2;1H2;/q4*-1;;. The number of hydrogen-bond acceptors (Lipinski definition) is 0. The molecule has 0 unspecified atom stereocenters. The van der Waals surface area contributed by atoms with E-state index in [1.165, 1.54) is 101 Å². The van der Waals surface area contributed by atoms with E-state index in [4.69, 9.17) is 0 Å². The molecule has 8 aromatic carbocycles. The van der Waals surface area contributed by atoms with Gasteiger partial charge in [0.25, 0.3) is 0 Å². The van der Waals surface area contributed by atoms with Gasteiger partial charge < -0.3 is 0 Å². The van der Waals surface area contributed by atoms with Crippen molar-refractivity contribution in [3.05, 3.63) is 229 Å². The minimum atomic E-state index is 0.0380. The predicted molar refractivity (Wildman–Crippen MR) is 256 cm³/mol. The van der Waals surface area contributed by atoms with Crippen LogP contribution in [-0.2, 0) is 41.5 Å². The van der Waals surface area contributed by atoms with Crippen LogP contribution in [0.4, 0.5) is 0 Å². The first kappa shape index (κ1) is 44.1. The van der Waals surface area contributed by atoms with Crippen molar-refractivity contribution < 1.29 is 24.2 Å². The summed E-state index contributed by atoms with van der Waals surface area (Å²) < 4.78 is 3.34. The van der Waals surface area contributed by atoms with Crippen LogP contribution in [0, 0.1) is 24.3 Å². The second-order valence-corrected chi connectivity index (χ2v) is 17.0. The van der Waals surface area contributed by atoms with Crippen LogP contribution in [0.2, 0.25) is 0 Å². The van der Waals surface area contributed by atoms with E-state index in [1.807, 2.05) is 60.7 Å². The fourth-order valence-corrected chi connectivity index (χ4v) is 7.58. The Hall–Kier alpha value is -5.49. The molecule has 0 aromatic heterocycles. The Kier molecular flexibility index (Phi) is 15.2. The largest absolute Gasteiger partial charge is 0.183 e. The molecule has 10 rings (SSSR count). The van der Waals surface area contributed by atoms with Crippen LogP contribution in [0.25, 0.3) is 54.9 Å². The van der Waals surface area contributed by atoms with Gasteiger partial charge in [0.2, 0.25) is 0 Å². The molecule has 0 amide bonds. The Morgan fingerprint density at radius 1 is 0.517 bits per heavy atom. The second kappa shape index (κ2) is 20.7. The zero-order valence-corrected chi connectivity index (χ0v) is 38.4. The molecule has 0 radical (unpaired) electrons. The smallest absolute Gasteiger partial charge is 0.0648 e. The van der Waals surface area contributed by atoms with E-state index >= 15 is 0 Å². The van der Waals surface area contributed by atoms with Crippen LogP contribution in [0.15, 0.2) is 182 Å². The zero-order valence-electron chi connectivity index (χ0n) is 35.9. The number of rotatable bonds is 2. The van der Waals surface area contributed by atoms with Gasteiger partial charge in [0.05, 0.1) is 0 Å². The molecule has 0 saturated carbocycles. The van der Waals surface area contributed by atoms with Gasteiger partial charge in [-0.05, 0) is 39.5 Å². The summed E-state index contributed by atoms with van der Waals surface area (Å²) in [7, 11) is 0. The maximum Gasteiger partial charge on any atom is -0.0648 e. The van der Waals surface area contributed by atoms with Crippen molar-refractivity contribution >= 4 is 25.8 Å². The molecule has 0 nitrogen and oxygen atoms in total. The molecule has 298 valence electrons. The van der Waals surface area contributed by atoms with E-state index < -0.39 is 0 Å². The topological polar surface area (TPSA) is 0 Å².